The minimum Gasteiger partial charge on any atom is -0.481 e. The Balaban J connectivity index is 2.19. The molecule has 0 unspecified atom stereocenters. The molecule has 0 aromatic rings. The molecule has 56 valence electrons. The van der Waals surface area contributed by atoms with E-state index in [2.05, 4.69) is 4.99 Å². The molecule has 0 atom stereocenters. The summed E-state index contributed by atoms with van der Waals surface area (Å²) in [6.07, 6.45) is 3.00. The van der Waals surface area contributed by atoms with Crippen LogP contribution in [0.2, 0.25) is 0 Å². The normalized spacial score (nSPS) is 17.0. The van der Waals surface area contributed by atoms with Gasteiger partial charge in [0.25, 0.3) is 0 Å². The maximum Gasteiger partial charge on any atom is 0.303 e. The molecule has 0 aliphatic carbocycles. The van der Waals surface area contributed by atoms with E-state index < -0.39 is 5.97 Å². The smallest absolute Gasteiger partial charge is 0.303 e. The van der Waals surface area contributed by atoms with E-state index in [9.17, 15) is 4.79 Å². The lowest BCUT2D eigenvalue weighted by atomic mass is 10.1. The number of hydrogen-bond donors (Lipinski definition) is 1. The Morgan fingerprint density at radius 3 is 3.00 bits per heavy atom. The van der Waals surface area contributed by atoms with Crippen LogP contribution in [0.25, 0.3) is 0 Å². The predicted molar refractivity (Wildman–Crippen MR) is 38.4 cm³/mol. The number of nitrogens with zero attached hydrogens (tertiary/aromatic N) is 1. The fourth-order valence-electron chi connectivity index (χ4n) is 1.05. The highest BCUT2D eigenvalue weighted by Crippen LogP contribution is 2.08. The molecular formula is C7H11NO2. The van der Waals surface area contributed by atoms with Gasteiger partial charge in [-0.1, -0.05) is 0 Å². The average molecular weight is 141 g/mol. The van der Waals surface area contributed by atoms with Crippen LogP contribution in [0.1, 0.15) is 25.7 Å². The lowest BCUT2D eigenvalue weighted by molar-refractivity contribution is -0.136. The zero-order valence-corrected chi connectivity index (χ0v) is 5.84. The van der Waals surface area contributed by atoms with Crippen molar-refractivity contribution in [1.82, 2.24) is 0 Å². The lowest BCUT2D eigenvalue weighted by Crippen LogP contribution is -2.00. The molecule has 0 amide bonds. The molecule has 0 fully saturated rings. The van der Waals surface area contributed by atoms with Gasteiger partial charge in [-0.2, -0.15) is 0 Å². The van der Waals surface area contributed by atoms with Crippen LogP contribution in [-0.2, 0) is 4.79 Å². The molecule has 0 saturated carbocycles. The van der Waals surface area contributed by atoms with Gasteiger partial charge in [0, 0.05) is 12.3 Å². The van der Waals surface area contributed by atoms with Gasteiger partial charge in [0.2, 0.25) is 0 Å². The molecule has 0 saturated heterocycles. The van der Waals surface area contributed by atoms with Crippen LogP contribution in [0.15, 0.2) is 4.99 Å². The van der Waals surface area contributed by atoms with Gasteiger partial charge in [-0.15, -0.1) is 0 Å². The van der Waals surface area contributed by atoms with Crippen molar-refractivity contribution in [2.24, 2.45) is 4.99 Å². The van der Waals surface area contributed by atoms with Crippen molar-refractivity contribution in [2.45, 2.75) is 25.7 Å². The summed E-state index contributed by atoms with van der Waals surface area (Å²) >= 11 is 0. The van der Waals surface area contributed by atoms with Crippen molar-refractivity contribution in [2.75, 3.05) is 6.54 Å². The first kappa shape index (κ1) is 7.25. The fraction of sp³-hybridized carbons (Fsp3) is 0.714. The predicted octanol–water partition coefficient (Wildman–Crippen LogP) is 1.09. The molecule has 0 radical (unpaired) electrons. The van der Waals surface area contributed by atoms with Gasteiger partial charge in [-0.25, -0.2) is 0 Å². The van der Waals surface area contributed by atoms with Crippen molar-refractivity contribution >= 4 is 11.7 Å². The molecule has 3 heteroatoms. The lowest BCUT2D eigenvalue weighted by Gasteiger charge is -1.93. The summed E-state index contributed by atoms with van der Waals surface area (Å²) in [6.45, 7) is 0.898. The van der Waals surface area contributed by atoms with Crippen molar-refractivity contribution in [1.29, 1.82) is 0 Å². The molecule has 0 spiro atoms. The number of carboxylic acid groups (broad SMARTS) is 1. The van der Waals surface area contributed by atoms with Crippen LogP contribution < -0.4 is 0 Å². The number of carboxylic acids is 1. The first-order chi connectivity index (χ1) is 4.79. The summed E-state index contributed by atoms with van der Waals surface area (Å²) < 4.78 is 0. The third kappa shape index (κ3) is 2.17. The van der Waals surface area contributed by atoms with Crippen LogP contribution in [0.5, 0.6) is 0 Å². The summed E-state index contributed by atoms with van der Waals surface area (Å²) in [4.78, 5) is 14.3. The maximum atomic E-state index is 10.1. The third-order valence-corrected chi connectivity index (χ3v) is 1.59. The SMILES string of the molecule is O=C(O)CCC1=NCCC1. The van der Waals surface area contributed by atoms with Crippen molar-refractivity contribution < 1.29 is 9.90 Å². The Hall–Kier alpha value is -0.860. The topological polar surface area (TPSA) is 49.7 Å². The Labute approximate surface area is 59.8 Å². The quantitative estimate of drug-likeness (QED) is 0.639. The maximum absolute atomic E-state index is 10.1. The van der Waals surface area contributed by atoms with E-state index >= 15 is 0 Å². The monoisotopic (exact) mass is 141 g/mol. The van der Waals surface area contributed by atoms with E-state index in [1.54, 1.807) is 0 Å². The summed E-state index contributed by atoms with van der Waals surface area (Å²) in [5.74, 6) is -0.727. The largest absolute Gasteiger partial charge is 0.481 e. The Morgan fingerprint density at radius 2 is 2.50 bits per heavy atom. The number of rotatable bonds is 3. The summed E-state index contributed by atoms with van der Waals surface area (Å²) in [6, 6.07) is 0. The third-order valence-electron chi connectivity index (χ3n) is 1.59. The highest BCUT2D eigenvalue weighted by Gasteiger charge is 2.07. The first-order valence-corrected chi connectivity index (χ1v) is 3.53. The molecular weight excluding hydrogens is 130 g/mol. The molecule has 3 nitrogen and oxygen atoms in total. The zero-order valence-electron chi connectivity index (χ0n) is 5.84. The molecule has 0 bridgehead atoms. The molecule has 1 rings (SSSR count). The highest BCUT2D eigenvalue weighted by molar-refractivity contribution is 5.88. The van der Waals surface area contributed by atoms with E-state index in [-0.39, 0.29) is 6.42 Å². The van der Waals surface area contributed by atoms with Gasteiger partial charge in [0.1, 0.15) is 0 Å². The van der Waals surface area contributed by atoms with Crippen LogP contribution in [0.4, 0.5) is 0 Å². The molecule has 1 heterocycles. The van der Waals surface area contributed by atoms with Crippen LogP contribution in [-0.4, -0.2) is 23.3 Å². The molecule has 0 aromatic heterocycles. The number of aliphatic carboxylic acids is 1. The van der Waals surface area contributed by atoms with Gasteiger partial charge in [-0.05, 0) is 19.3 Å². The van der Waals surface area contributed by atoms with Crippen LogP contribution in [0, 0.1) is 0 Å². The molecule has 0 aromatic carbocycles. The van der Waals surface area contributed by atoms with Crippen LogP contribution >= 0.6 is 0 Å². The Bertz CT molecular complexity index is 163. The first-order valence-electron chi connectivity index (χ1n) is 3.53. The van der Waals surface area contributed by atoms with Crippen molar-refractivity contribution in [3.63, 3.8) is 0 Å². The second-order valence-corrected chi connectivity index (χ2v) is 2.45. The van der Waals surface area contributed by atoms with Gasteiger partial charge in [0.05, 0.1) is 6.42 Å². The number of aliphatic imine (C=N–C) groups is 1. The van der Waals surface area contributed by atoms with Crippen molar-refractivity contribution in [3.05, 3.63) is 0 Å². The molecule has 1 N–H and O–H groups in total. The number of carbonyl (C=O) groups is 1. The minimum atomic E-state index is -0.727. The van der Waals surface area contributed by atoms with E-state index in [0.29, 0.717) is 6.42 Å². The highest BCUT2D eigenvalue weighted by atomic mass is 16.4. The van der Waals surface area contributed by atoms with Gasteiger partial charge >= 0.3 is 5.97 Å². The second kappa shape index (κ2) is 3.34. The van der Waals surface area contributed by atoms with Gasteiger partial charge in [0.15, 0.2) is 0 Å². The van der Waals surface area contributed by atoms with E-state index in [0.717, 1.165) is 25.1 Å². The molecule has 10 heavy (non-hydrogen) atoms. The van der Waals surface area contributed by atoms with Gasteiger partial charge < -0.3 is 5.11 Å². The Morgan fingerprint density at radius 1 is 1.70 bits per heavy atom. The summed E-state index contributed by atoms with van der Waals surface area (Å²) in [5.41, 5.74) is 1.09. The minimum absolute atomic E-state index is 0.235. The average Bonchev–Trinajstić information content (AvgIpc) is 2.34. The number of hydrogen-bond acceptors (Lipinski definition) is 2. The molecule has 1 aliphatic heterocycles. The van der Waals surface area contributed by atoms with Gasteiger partial charge in [-0.3, -0.25) is 9.79 Å². The standard InChI is InChI=1S/C7H11NO2/c9-7(10)4-3-6-2-1-5-8-6/h1-5H2,(H,9,10). The van der Waals surface area contributed by atoms with Crippen LogP contribution in [0.3, 0.4) is 0 Å². The van der Waals surface area contributed by atoms with E-state index in [1.807, 2.05) is 0 Å². The van der Waals surface area contributed by atoms with E-state index in [1.165, 1.54) is 0 Å². The summed E-state index contributed by atoms with van der Waals surface area (Å²) in [7, 11) is 0. The fourth-order valence-corrected chi connectivity index (χ4v) is 1.05. The summed E-state index contributed by atoms with van der Waals surface area (Å²) in [5, 5.41) is 8.32. The van der Waals surface area contributed by atoms with E-state index in [4.69, 9.17) is 5.11 Å². The second-order valence-electron chi connectivity index (χ2n) is 2.45. The van der Waals surface area contributed by atoms with Crippen molar-refractivity contribution in [3.8, 4) is 0 Å². The Kier molecular flexibility index (Phi) is 2.42. The molecule has 1 aliphatic rings. The zero-order chi connectivity index (χ0) is 7.40.